The van der Waals surface area contributed by atoms with Gasteiger partial charge < -0.3 is 9.80 Å². The first-order chi connectivity index (χ1) is 11.2. The van der Waals surface area contributed by atoms with Gasteiger partial charge in [0.2, 0.25) is 5.91 Å². The van der Waals surface area contributed by atoms with Gasteiger partial charge in [-0.2, -0.15) is 0 Å². The van der Waals surface area contributed by atoms with E-state index >= 15 is 0 Å². The molecule has 1 aliphatic heterocycles. The fraction of sp³-hybridized carbons (Fsp3) is 0.250. The molecule has 1 saturated heterocycles. The van der Waals surface area contributed by atoms with E-state index in [0.29, 0.717) is 0 Å². The summed E-state index contributed by atoms with van der Waals surface area (Å²) in [7, 11) is 0. The number of nitrogens with zero attached hydrogens (tertiary/aromatic N) is 2. The molecule has 0 N–H and O–H groups in total. The Morgan fingerprint density at radius 3 is 2.04 bits per heavy atom. The number of piperazine rings is 1. The average molecular weight is 306 g/mol. The molecule has 0 atom stereocenters. The van der Waals surface area contributed by atoms with Crippen LogP contribution in [0.25, 0.3) is 6.08 Å². The van der Waals surface area contributed by atoms with Crippen molar-refractivity contribution in [2.45, 2.75) is 6.92 Å². The van der Waals surface area contributed by atoms with E-state index < -0.39 is 0 Å². The van der Waals surface area contributed by atoms with Gasteiger partial charge in [0, 0.05) is 37.4 Å². The summed E-state index contributed by atoms with van der Waals surface area (Å²) in [5.74, 6) is 0.140. The molecule has 2 aromatic rings. The molecule has 1 aliphatic rings. The monoisotopic (exact) mass is 306 g/mol. The van der Waals surface area contributed by atoms with E-state index in [0.717, 1.165) is 37.3 Å². The van der Waals surface area contributed by atoms with Crippen LogP contribution < -0.4 is 4.90 Å². The number of benzene rings is 2. The number of para-hydroxylation sites is 1. The number of rotatable bonds is 3. The SMILES string of the molecule is C/C(=C\c1ccccc1)C(=O)N1CCN(c2ccccc2)CC1. The third-order valence-corrected chi connectivity index (χ3v) is 4.21. The largest absolute Gasteiger partial charge is 0.368 e. The lowest BCUT2D eigenvalue weighted by molar-refractivity contribution is -0.127. The zero-order chi connectivity index (χ0) is 16.1. The second kappa shape index (κ2) is 7.14. The Hall–Kier alpha value is -2.55. The van der Waals surface area contributed by atoms with Crippen molar-refractivity contribution in [1.29, 1.82) is 0 Å². The summed E-state index contributed by atoms with van der Waals surface area (Å²) in [5, 5.41) is 0. The summed E-state index contributed by atoms with van der Waals surface area (Å²) in [6.07, 6.45) is 1.96. The Kier molecular flexibility index (Phi) is 4.77. The molecule has 3 nitrogen and oxygen atoms in total. The van der Waals surface area contributed by atoms with E-state index in [9.17, 15) is 4.79 Å². The molecule has 3 heteroatoms. The molecule has 3 rings (SSSR count). The molecule has 0 bridgehead atoms. The summed E-state index contributed by atoms with van der Waals surface area (Å²) in [6.45, 7) is 5.21. The van der Waals surface area contributed by atoms with Crippen LogP contribution in [-0.4, -0.2) is 37.0 Å². The first-order valence-corrected chi connectivity index (χ1v) is 8.06. The fourth-order valence-corrected chi connectivity index (χ4v) is 2.92. The number of hydrogen-bond donors (Lipinski definition) is 0. The summed E-state index contributed by atoms with van der Waals surface area (Å²) < 4.78 is 0. The molecule has 2 aromatic carbocycles. The molecule has 1 fully saturated rings. The first kappa shape index (κ1) is 15.3. The highest BCUT2D eigenvalue weighted by molar-refractivity contribution is 5.97. The van der Waals surface area contributed by atoms with Crippen molar-refractivity contribution >= 4 is 17.7 Å². The fourth-order valence-electron chi connectivity index (χ4n) is 2.92. The third kappa shape index (κ3) is 3.81. The molecule has 1 heterocycles. The van der Waals surface area contributed by atoms with E-state index in [2.05, 4.69) is 29.2 Å². The van der Waals surface area contributed by atoms with Gasteiger partial charge >= 0.3 is 0 Å². The molecule has 23 heavy (non-hydrogen) atoms. The lowest BCUT2D eigenvalue weighted by Crippen LogP contribution is -2.49. The molecule has 0 aromatic heterocycles. The van der Waals surface area contributed by atoms with Crippen LogP contribution in [0.1, 0.15) is 12.5 Å². The van der Waals surface area contributed by atoms with Crippen LogP contribution in [0, 0.1) is 0 Å². The van der Waals surface area contributed by atoms with Crippen molar-refractivity contribution in [3.63, 3.8) is 0 Å². The molecule has 0 radical (unpaired) electrons. The summed E-state index contributed by atoms with van der Waals surface area (Å²) in [5.41, 5.74) is 3.10. The molecule has 118 valence electrons. The van der Waals surface area contributed by atoms with Gasteiger partial charge in [0.05, 0.1) is 0 Å². The maximum absolute atomic E-state index is 12.6. The van der Waals surface area contributed by atoms with E-state index in [-0.39, 0.29) is 5.91 Å². The normalized spacial score (nSPS) is 15.6. The smallest absolute Gasteiger partial charge is 0.249 e. The molecule has 0 spiro atoms. The zero-order valence-electron chi connectivity index (χ0n) is 13.5. The third-order valence-electron chi connectivity index (χ3n) is 4.21. The Morgan fingerprint density at radius 1 is 0.870 bits per heavy atom. The summed E-state index contributed by atoms with van der Waals surface area (Å²) in [4.78, 5) is 16.9. The Morgan fingerprint density at radius 2 is 1.43 bits per heavy atom. The van der Waals surface area contributed by atoms with Crippen molar-refractivity contribution in [3.05, 3.63) is 71.8 Å². The van der Waals surface area contributed by atoms with E-state index in [1.807, 2.05) is 54.3 Å². The molecule has 0 aliphatic carbocycles. The number of hydrogen-bond acceptors (Lipinski definition) is 2. The molecule has 1 amide bonds. The van der Waals surface area contributed by atoms with Crippen molar-refractivity contribution in [1.82, 2.24) is 4.90 Å². The van der Waals surface area contributed by atoms with Crippen LogP contribution in [0.15, 0.2) is 66.2 Å². The van der Waals surface area contributed by atoms with Crippen molar-refractivity contribution < 1.29 is 4.79 Å². The maximum Gasteiger partial charge on any atom is 0.249 e. The van der Waals surface area contributed by atoms with Crippen LogP contribution >= 0.6 is 0 Å². The Bertz CT molecular complexity index is 671. The van der Waals surface area contributed by atoms with E-state index in [1.54, 1.807) is 0 Å². The highest BCUT2D eigenvalue weighted by atomic mass is 16.2. The summed E-state index contributed by atoms with van der Waals surface area (Å²) >= 11 is 0. The highest BCUT2D eigenvalue weighted by Gasteiger charge is 2.21. The van der Waals surface area contributed by atoms with Gasteiger partial charge in [-0.1, -0.05) is 48.5 Å². The van der Waals surface area contributed by atoms with Gasteiger partial charge in [0.25, 0.3) is 0 Å². The van der Waals surface area contributed by atoms with Gasteiger partial charge in [-0.25, -0.2) is 0 Å². The van der Waals surface area contributed by atoms with Crippen LogP contribution in [0.2, 0.25) is 0 Å². The molecular weight excluding hydrogens is 284 g/mol. The Balaban J connectivity index is 1.61. The average Bonchev–Trinajstić information content (AvgIpc) is 2.63. The van der Waals surface area contributed by atoms with Gasteiger partial charge in [-0.05, 0) is 30.7 Å². The van der Waals surface area contributed by atoms with E-state index in [1.165, 1.54) is 5.69 Å². The van der Waals surface area contributed by atoms with Crippen LogP contribution in [0.4, 0.5) is 5.69 Å². The maximum atomic E-state index is 12.6. The topological polar surface area (TPSA) is 23.6 Å². The minimum atomic E-state index is 0.140. The van der Waals surface area contributed by atoms with Gasteiger partial charge in [0.15, 0.2) is 0 Å². The predicted octanol–water partition coefficient (Wildman–Crippen LogP) is 3.44. The highest BCUT2D eigenvalue weighted by Crippen LogP contribution is 2.17. The van der Waals surface area contributed by atoms with Gasteiger partial charge in [-0.15, -0.1) is 0 Å². The number of amides is 1. The van der Waals surface area contributed by atoms with Crippen LogP contribution in [-0.2, 0) is 4.79 Å². The van der Waals surface area contributed by atoms with Crippen molar-refractivity contribution in [2.24, 2.45) is 0 Å². The number of carbonyl (C=O) groups excluding carboxylic acids is 1. The lowest BCUT2D eigenvalue weighted by Gasteiger charge is -2.36. The van der Waals surface area contributed by atoms with Crippen LogP contribution in [0.5, 0.6) is 0 Å². The van der Waals surface area contributed by atoms with Crippen molar-refractivity contribution in [2.75, 3.05) is 31.1 Å². The zero-order valence-corrected chi connectivity index (χ0v) is 13.5. The standard InChI is InChI=1S/C20H22N2O/c1-17(16-18-8-4-2-5-9-18)20(23)22-14-12-21(13-15-22)19-10-6-3-7-11-19/h2-11,16H,12-15H2,1H3/b17-16+. The Labute approximate surface area is 137 Å². The molecule has 0 unspecified atom stereocenters. The quantitative estimate of drug-likeness (QED) is 0.811. The van der Waals surface area contributed by atoms with Crippen LogP contribution in [0.3, 0.4) is 0 Å². The second-order valence-electron chi connectivity index (χ2n) is 5.85. The molecular formula is C20H22N2O. The molecule has 0 saturated carbocycles. The minimum Gasteiger partial charge on any atom is -0.368 e. The minimum absolute atomic E-state index is 0.140. The first-order valence-electron chi connectivity index (χ1n) is 8.06. The second-order valence-corrected chi connectivity index (χ2v) is 5.85. The van der Waals surface area contributed by atoms with Crippen molar-refractivity contribution in [3.8, 4) is 0 Å². The number of carbonyl (C=O) groups is 1. The van der Waals surface area contributed by atoms with Gasteiger partial charge in [0.1, 0.15) is 0 Å². The number of anilines is 1. The summed E-state index contributed by atoms with van der Waals surface area (Å²) in [6, 6.07) is 20.4. The van der Waals surface area contributed by atoms with Gasteiger partial charge in [-0.3, -0.25) is 4.79 Å². The van der Waals surface area contributed by atoms with E-state index in [4.69, 9.17) is 0 Å². The predicted molar refractivity (Wildman–Crippen MR) is 95.3 cm³/mol. The lowest BCUT2D eigenvalue weighted by atomic mass is 10.1.